The third kappa shape index (κ3) is 1.73. The first-order valence-electron chi connectivity index (χ1n) is 5.38. The summed E-state index contributed by atoms with van der Waals surface area (Å²) >= 11 is 0. The molecule has 0 fully saturated rings. The fourth-order valence-corrected chi connectivity index (χ4v) is 3.03. The van der Waals surface area contributed by atoms with Crippen molar-refractivity contribution in [1.82, 2.24) is 4.98 Å². The average Bonchev–Trinajstić information content (AvgIpc) is 2.77. The Morgan fingerprint density at radius 2 is 2.17 bits per heavy atom. The van der Waals surface area contributed by atoms with E-state index in [1.165, 1.54) is 0 Å². The summed E-state index contributed by atoms with van der Waals surface area (Å²) in [6.07, 6.45) is 3.35. The van der Waals surface area contributed by atoms with Gasteiger partial charge in [-0.15, -0.1) is 0 Å². The summed E-state index contributed by atoms with van der Waals surface area (Å²) in [6, 6.07) is 9.05. The molecule has 0 saturated heterocycles. The van der Waals surface area contributed by atoms with E-state index in [9.17, 15) is 4.21 Å². The van der Waals surface area contributed by atoms with Crippen LogP contribution in [-0.4, -0.2) is 21.3 Å². The predicted molar refractivity (Wildman–Crippen MR) is 69.8 cm³/mol. The minimum atomic E-state index is -1.27. The highest BCUT2D eigenvalue weighted by Gasteiger charge is 2.25. The molecule has 1 atom stereocenters. The van der Waals surface area contributed by atoms with E-state index in [4.69, 9.17) is 4.74 Å². The Labute approximate surface area is 107 Å². The topological polar surface area (TPSA) is 51.5 Å². The second kappa shape index (κ2) is 4.34. The van der Waals surface area contributed by atoms with Gasteiger partial charge in [-0.25, -0.2) is 9.20 Å². The number of nitrogens with zero attached hydrogens (tertiary/aromatic N) is 2. The van der Waals surface area contributed by atoms with E-state index in [1.807, 2.05) is 18.2 Å². The molecule has 0 aliphatic carbocycles. The number of ether oxygens (including phenoxy) is 1. The van der Waals surface area contributed by atoms with Crippen LogP contribution in [0, 0.1) is 0 Å². The third-order valence-corrected chi connectivity index (χ3v) is 4.08. The van der Waals surface area contributed by atoms with Gasteiger partial charge >= 0.3 is 0 Å². The normalized spacial score (nSPS) is 17.2. The van der Waals surface area contributed by atoms with Gasteiger partial charge in [-0.3, -0.25) is 4.98 Å². The minimum Gasteiger partial charge on any atom is -0.497 e. The molecule has 3 rings (SSSR count). The van der Waals surface area contributed by atoms with Crippen LogP contribution < -0.4 is 4.74 Å². The van der Waals surface area contributed by atoms with Crippen molar-refractivity contribution in [2.45, 2.75) is 4.90 Å². The van der Waals surface area contributed by atoms with E-state index in [2.05, 4.69) is 9.98 Å². The van der Waals surface area contributed by atoms with Gasteiger partial charge in [-0.2, -0.15) is 0 Å². The number of aliphatic imine (C=N–C) groups is 1. The van der Waals surface area contributed by atoms with E-state index >= 15 is 0 Å². The van der Waals surface area contributed by atoms with Crippen molar-refractivity contribution < 1.29 is 8.95 Å². The largest absolute Gasteiger partial charge is 0.497 e. The standard InChI is InChI=1S/C13H10N2O2S/c1-17-10-4-5-11-12(7-10)18(16)13(15-11)9-3-2-6-14-8-9/h2-8H,1H3. The van der Waals surface area contributed by atoms with Crippen LogP contribution in [0.1, 0.15) is 5.56 Å². The lowest BCUT2D eigenvalue weighted by atomic mass is 10.3. The first-order valence-corrected chi connectivity index (χ1v) is 6.53. The lowest BCUT2D eigenvalue weighted by Gasteiger charge is -2.01. The lowest BCUT2D eigenvalue weighted by molar-refractivity contribution is 0.413. The molecule has 2 aromatic rings. The number of pyridine rings is 1. The van der Waals surface area contributed by atoms with Crippen molar-refractivity contribution in [1.29, 1.82) is 0 Å². The van der Waals surface area contributed by atoms with Gasteiger partial charge in [0.05, 0.1) is 17.7 Å². The first-order chi connectivity index (χ1) is 8.79. The van der Waals surface area contributed by atoms with Crippen LogP contribution >= 0.6 is 0 Å². The lowest BCUT2D eigenvalue weighted by Crippen LogP contribution is -2.05. The van der Waals surface area contributed by atoms with Gasteiger partial charge in [0.25, 0.3) is 0 Å². The van der Waals surface area contributed by atoms with Crippen molar-refractivity contribution in [3.05, 3.63) is 48.3 Å². The molecule has 5 heteroatoms. The summed E-state index contributed by atoms with van der Waals surface area (Å²) in [5, 5.41) is 0.548. The van der Waals surface area contributed by atoms with E-state index in [0.29, 0.717) is 15.7 Å². The molecule has 18 heavy (non-hydrogen) atoms. The Morgan fingerprint density at radius 1 is 1.28 bits per heavy atom. The molecule has 0 radical (unpaired) electrons. The van der Waals surface area contributed by atoms with Crippen molar-refractivity contribution in [3.8, 4) is 5.75 Å². The predicted octanol–water partition coefficient (Wildman–Crippen LogP) is 2.29. The summed E-state index contributed by atoms with van der Waals surface area (Å²) in [5.41, 5.74) is 1.51. The number of hydrogen-bond acceptors (Lipinski definition) is 4. The first kappa shape index (κ1) is 11.1. The highest BCUT2D eigenvalue weighted by atomic mass is 32.2. The summed E-state index contributed by atoms with van der Waals surface area (Å²) in [5.74, 6) is 0.685. The molecule has 0 bridgehead atoms. The number of rotatable bonds is 2. The average molecular weight is 258 g/mol. The van der Waals surface area contributed by atoms with Crippen LogP contribution in [0.25, 0.3) is 0 Å². The minimum absolute atomic E-state index is 0.548. The Kier molecular flexibility index (Phi) is 2.68. The van der Waals surface area contributed by atoms with Gasteiger partial charge in [-0.05, 0) is 30.3 Å². The molecule has 1 aromatic heterocycles. The molecular weight excluding hydrogens is 248 g/mol. The molecule has 1 unspecified atom stereocenters. The molecular formula is C13H10N2O2S. The monoisotopic (exact) mass is 258 g/mol. The maximum atomic E-state index is 12.4. The molecule has 90 valence electrons. The Balaban J connectivity index is 2.07. The zero-order chi connectivity index (χ0) is 12.5. The van der Waals surface area contributed by atoms with Gasteiger partial charge in [-0.1, -0.05) is 0 Å². The molecule has 0 N–H and O–H groups in total. The second-order valence-electron chi connectivity index (χ2n) is 3.76. The Bertz CT molecular complexity index is 653. The summed E-state index contributed by atoms with van der Waals surface area (Å²) < 4.78 is 17.5. The molecule has 0 spiro atoms. The molecule has 2 heterocycles. The van der Waals surface area contributed by atoms with Crippen LogP contribution in [0.2, 0.25) is 0 Å². The summed E-state index contributed by atoms with van der Waals surface area (Å²) in [7, 11) is 0.317. The zero-order valence-corrected chi connectivity index (χ0v) is 10.5. The fraction of sp³-hybridized carbons (Fsp3) is 0.0769. The molecule has 1 aliphatic rings. The van der Waals surface area contributed by atoms with E-state index in [1.54, 1.807) is 31.6 Å². The highest BCUT2D eigenvalue weighted by Crippen LogP contribution is 2.34. The van der Waals surface area contributed by atoms with Gasteiger partial charge in [0.1, 0.15) is 21.6 Å². The molecule has 4 nitrogen and oxygen atoms in total. The highest BCUT2D eigenvalue weighted by molar-refractivity contribution is 8.01. The van der Waals surface area contributed by atoms with E-state index in [-0.39, 0.29) is 0 Å². The maximum Gasteiger partial charge on any atom is 0.141 e. The zero-order valence-electron chi connectivity index (χ0n) is 9.66. The number of methoxy groups -OCH3 is 1. The Morgan fingerprint density at radius 3 is 2.89 bits per heavy atom. The maximum absolute atomic E-state index is 12.4. The van der Waals surface area contributed by atoms with E-state index in [0.717, 1.165) is 11.3 Å². The number of benzene rings is 1. The van der Waals surface area contributed by atoms with Crippen molar-refractivity contribution in [3.63, 3.8) is 0 Å². The summed E-state index contributed by atoms with van der Waals surface area (Å²) in [4.78, 5) is 9.11. The summed E-state index contributed by atoms with van der Waals surface area (Å²) in [6.45, 7) is 0. The van der Waals surface area contributed by atoms with Crippen LogP contribution in [0.3, 0.4) is 0 Å². The second-order valence-corrected chi connectivity index (χ2v) is 5.13. The molecule has 0 amide bonds. The van der Waals surface area contributed by atoms with Gasteiger partial charge in [0, 0.05) is 18.0 Å². The van der Waals surface area contributed by atoms with Crippen LogP contribution in [0.5, 0.6) is 5.75 Å². The van der Waals surface area contributed by atoms with Gasteiger partial charge in [0.15, 0.2) is 0 Å². The van der Waals surface area contributed by atoms with Gasteiger partial charge in [0.2, 0.25) is 0 Å². The third-order valence-electron chi connectivity index (χ3n) is 2.67. The SMILES string of the molecule is COc1ccc2c(c1)S(=O)C(c1cccnc1)=N2. The van der Waals surface area contributed by atoms with Crippen molar-refractivity contribution >= 4 is 21.5 Å². The molecule has 1 aromatic carbocycles. The number of aromatic nitrogens is 1. The van der Waals surface area contributed by atoms with Gasteiger partial charge < -0.3 is 4.74 Å². The van der Waals surface area contributed by atoms with E-state index < -0.39 is 10.8 Å². The Hall–Kier alpha value is -2.01. The fourth-order valence-electron chi connectivity index (χ4n) is 1.78. The number of hydrogen-bond donors (Lipinski definition) is 0. The van der Waals surface area contributed by atoms with Crippen LogP contribution in [0.15, 0.2) is 52.6 Å². The smallest absolute Gasteiger partial charge is 0.141 e. The van der Waals surface area contributed by atoms with Crippen molar-refractivity contribution in [2.75, 3.05) is 7.11 Å². The van der Waals surface area contributed by atoms with Crippen LogP contribution in [-0.2, 0) is 10.8 Å². The van der Waals surface area contributed by atoms with Crippen molar-refractivity contribution in [2.24, 2.45) is 4.99 Å². The van der Waals surface area contributed by atoms with Crippen LogP contribution in [0.4, 0.5) is 5.69 Å². The quantitative estimate of drug-likeness (QED) is 0.830. The molecule has 1 aliphatic heterocycles. The number of fused-ring (bicyclic) bond motifs is 1. The molecule has 0 saturated carbocycles.